The number of rotatable bonds is 8. The average molecular weight is 320 g/mol. The largest absolute Gasteiger partial charge is 0.493 e. The Hall–Kier alpha value is -2.21. The van der Waals surface area contributed by atoms with Crippen molar-refractivity contribution >= 4 is 5.96 Å². The van der Waals surface area contributed by atoms with E-state index in [0.29, 0.717) is 30.5 Å². The van der Waals surface area contributed by atoms with Crippen LogP contribution in [0, 0.1) is 0 Å². The number of hydrogen-bond donors (Lipinski definition) is 2. The summed E-state index contributed by atoms with van der Waals surface area (Å²) in [6, 6.07) is 5.96. The highest BCUT2D eigenvalue weighted by Crippen LogP contribution is 2.31. The normalized spacial score (nSPS) is 12.9. The molecule has 1 atom stereocenters. The number of hydrogen-bond acceptors (Lipinski definition) is 4. The van der Waals surface area contributed by atoms with Crippen LogP contribution in [0.1, 0.15) is 18.5 Å². The van der Waals surface area contributed by atoms with E-state index in [0.717, 1.165) is 11.1 Å². The molecule has 0 aliphatic carbocycles. The fraction of sp³-hybridized carbons (Fsp3) is 0.471. The third-order valence-corrected chi connectivity index (χ3v) is 3.42. The van der Waals surface area contributed by atoms with Gasteiger partial charge in [0.15, 0.2) is 17.5 Å². The summed E-state index contributed by atoms with van der Waals surface area (Å²) in [4.78, 5) is 6.51. The van der Waals surface area contributed by atoms with Crippen molar-refractivity contribution in [1.29, 1.82) is 0 Å². The van der Waals surface area contributed by atoms with E-state index in [1.165, 1.54) is 0 Å². The molecule has 23 heavy (non-hydrogen) atoms. The Labute approximate surface area is 139 Å². The van der Waals surface area contributed by atoms with E-state index in [4.69, 9.17) is 15.2 Å². The quantitative estimate of drug-likeness (QED) is 0.434. The SMILES string of the molecule is C=C(C)CNC(N)=NCC(c1ccc(OC)c(OC)c1)N(C)C. The van der Waals surface area contributed by atoms with Crippen molar-refractivity contribution in [2.75, 3.05) is 41.4 Å². The molecule has 1 aromatic rings. The highest BCUT2D eigenvalue weighted by Gasteiger charge is 2.16. The second kappa shape index (κ2) is 9.05. The molecule has 1 rings (SSSR count). The van der Waals surface area contributed by atoms with Crippen LogP contribution in [0.2, 0.25) is 0 Å². The molecule has 0 bridgehead atoms. The summed E-state index contributed by atoms with van der Waals surface area (Å²) in [6.45, 7) is 6.93. The minimum absolute atomic E-state index is 0.0833. The number of likely N-dealkylation sites (N-methyl/N-ethyl adjacent to an activating group) is 1. The number of ether oxygens (including phenoxy) is 2. The predicted molar refractivity (Wildman–Crippen MR) is 95.3 cm³/mol. The monoisotopic (exact) mass is 320 g/mol. The zero-order chi connectivity index (χ0) is 17.4. The van der Waals surface area contributed by atoms with Gasteiger partial charge in [0, 0.05) is 6.54 Å². The van der Waals surface area contributed by atoms with Gasteiger partial charge < -0.3 is 25.4 Å². The van der Waals surface area contributed by atoms with Gasteiger partial charge in [0.1, 0.15) is 0 Å². The lowest BCUT2D eigenvalue weighted by atomic mass is 10.1. The number of nitrogens with one attached hydrogen (secondary N) is 1. The average Bonchev–Trinajstić information content (AvgIpc) is 2.52. The van der Waals surface area contributed by atoms with Gasteiger partial charge in [-0.25, -0.2) is 0 Å². The van der Waals surface area contributed by atoms with Gasteiger partial charge in [0.25, 0.3) is 0 Å². The smallest absolute Gasteiger partial charge is 0.188 e. The van der Waals surface area contributed by atoms with Crippen LogP contribution in [0.3, 0.4) is 0 Å². The van der Waals surface area contributed by atoms with Crippen molar-refractivity contribution < 1.29 is 9.47 Å². The lowest BCUT2D eigenvalue weighted by Crippen LogP contribution is -2.34. The van der Waals surface area contributed by atoms with E-state index in [1.807, 2.05) is 39.2 Å². The number of benzene rings is 1. The molecule has 0 fully saturated rings. The summed E-state index contributed by atoms with van der Waals surface area (Å²) in [6.07, 6.45) is 0. The van der Waals surface area contributed by atoms with Crippen molar-refractivity contribution in [1.82, 2.24) is 10.2 Å². The zero-order valence-corrected chi connectivity index (χ0v) is 14.7. The third-order valence-electron chi connectivity index (χ3n) is 3.42. The second-order valence-electron chi connectivity index (χ2n) is 5.63. The molecule has 1 unspecified atom stereocenters. The van der Waals surface area contributed by atoms with Gasteiger partial charge >= 0.3 is 0 Å². The topological polar surface area (TPSA) is 72.1 Å². The van der Waals surface area contributed by atoms with Crippen molar-refractivity contribution in [3.8, 4) is 11.5 Å². The summed E-state index contributed by atoms with van der Waals surface area (Å²) in [5.74, 6) is 1.83. The van der Waals surface area contributed by atoms with Crippen LogP contribution in [0.5, 0.6) is 11.5 Å². The Balaban J connectivity index is 2.90. The predicted octanol–water partition coefficient (Wildman–Crippen LogP) is 1.79. The minimum Gasteiger partial charge on any atom is -0.493 e. The number of nitrogens with two attached hydrogens (primary N) is 1. The van der Waals surface area contributed by atoms with Gasteiger partial charge in [0.2, 0.25) is 0 Å². The lowest BCUT2D eigenvalue weighted by Gasteiger charge is -2.24. The van der Waals surface area contributed by atoms with Crippen LogP contribution in [0.15, 0.2) is 35.3 Å². The molecule has 0 spiro atoms. The van der Waals surface area contributed by atoms with Gasteiger partial charge in [-0.2, -0.15) is 0 Å². The molecule has 0 aromatic heterocycles. The van der Waals surface area contributed by atoms with Crippen molar-refractivity contribution in [2.24, 2.45) is 10.7 Å². The fourth-order valence-electron chi connectivity index (χ4n) is 2.11. The summed E-state index contributed by atoms with van der Waals surface area (Å²) >= 11 is 0. The Morgan fingerprint density at radius 1 is 1.30 bits per heavy atom. The summed E-state index contributed by atoms with van der Waals surface area (Å²) in [5.41, 5.74) is 7.98. The number of methoxy groups -OCH3 is 2. The standard InChI is InChI=1S/C17H28N4O2/c1-12(2)10-19-17(18)20-11-14(21(3)4)13-7-8-15(22-5)16(9-13)23-6/h7-9,14H,1,10-11H2,2-6H3,(H3,18,19,20). The maximum Gasteiger partial charge on any atom is 0.188 e. The van der Waals surface area contributed by atoms with Gasteiger partial charge in [-0.3, -0.25) is 4.99 Å². The molecule has 1 aromatic carbocycles. The summed E-state index contributed by atoms with van der Waals surface area (Å²) in [5, 5.41) is 3.03. The maximum absolute atomic E-state index is 5.88. The molecule has 128 valence electrons. The molecule has 0 heterocycles. The molecule has 6 nitrogen and oxygen atoms in total. The van der Waals surface area contributed by atoms with Gasteiger partial charge in [-0.1, -0.05) is 18.2 Å². The zero-order valence-electron chi connectivity index (χ0n) is 14.7. The van der Waals surface area contributed by atoms with E-state index in [1.54, 1.807) is 14.2 Å². The first-order chi connectivity index (χ1) is 10.9. The van der Waals surface area contributed by atoms with Crippen molar-refractivity contribution in [3.05, 3.63) is 35.9 Å². The highest BCUT2D eigenvalue weighted by molar-refractivity contribution is 5.78. The van der Waals surface area contributed by atoms with Gasteiger partial charge in [0.05, 0.1) is 26.8 Å². The molecule has 0 saturated carbocycles. The van der Waals surface area contributed by atoms with Crippen LogP contribution in [0.25, 0.3) is 0 Å². The Kier molecular flexibility index (Phi) is 7.41. The van der Waals surface area contributed by atoms with Crippen LogP contribution >= 0.6 is 0 Å². The van der Waals surface area contributed by atoms with Crippen LogP contribution < -0.4 is 20.5 Å². The fourth-order valence-corrected chi connectivity index (χ4v) is 2.11. The summed E-state index contributed by atoms with van der Waals surface area (Å²) in [7, 11) is 7.27. The van der Waals surface area contributed by atoms with E-state index < -0.39 is 0 Å². The van der Waals surface area contributed by atoms with Crippen LogP contribution in [-0.2, 0) is 0 Å². The number of guanidine groups is 1. The molecule has 0 aliphatic rings. The first-order valence-corrected chi connectivity index (χ1v) is 7.45. The van der Waals surface area contributed by atoms with Gasteiger partial charge in [-0.05, 0) is 38.7 Å². The number of aliphatic imine (C=N–C) groups is 1. The molecule has 0 aliphatic heterocycles. The molecule has 3 N–H and O–H groups in total. The highest BCUT2D eigenvalue weighted by atomic mass is 16.5. The Morgan fingerprint density at radius 3 is 2.48 bits per heavy atom. The van der Waals surface area contributed by atoms with E-state index in [9.17, 15) is 0 Å². The summed E-state index contributed by atoms with van der Waals surface area (Å²) < 4.78 is 10.7. The van der Waals surface area contributed by atoms with E-state index in [2.05, 4.69) is 21.8 Å². The molecule has 6 heteroatoms. The molecule has 0 radical (unpaired) electrons. The van der Waals surface area contributed by atoms with E-state index in [-0.39, 0.29) is 6.04 Å². The third kappa shape index (κ3) is 5.83. The Morgan fingerprint density at radius 2 is 1.96 bits per heavy atom. The number of nitrogens with zero attached hydrogens (tertiary/aromatic N) is 2. The lowest BCUT2D eigenvalue weighted by molar-refractivity contribution is 0.303. The first-order valence-electron chi connectivity index (χ1n) is 7.45. The van der Waals surface area contributed by atoms with E-state index >= 15 is 0 Å². The van der Waals surface area contributed by atoms with Crippen LogP contribution in [-0.4, -0.2) is 52.3 Å². The molecular formula is C17H28N4O2. The van der Waals surface area contributed by atoms with Crippen LogP contribution in [0.4, 0.5) is 0 Å². The van der Waals surface area contributed by atoms with Crippen molar-refractivity contribution in [3.63, 3.8) is 0 Å². The minimum atomic E-state index is 0.0833. The van der Waals surface area contributed by atoms with Gasteiger partial charge in [-0.15, -0.1) is 0 Å². The first kappa shape index (κ1) is 18.8. The Bertz CT molecular complexity index is 556. The molecule has 0 amide bonds. The maximum atomic E-state index is 5.88. The molecule has 0 saturated heterocycles. The van der Waals surface area contributed by atoms with Crippen molar-refractivity contribution in [2.45, 2.75) is 13.0 Å². The molecular weight excluding hydrogens is 292 g/mol. The second-order valence-corrected chi connectivity index (χ2v) is 5.63.